The average molecular weight is 209 g/mol. The van der Waals surface area contributed by atoms with E-state index in [1.807, 2.05) is 0 Å². The molecule has 2 aliphatic rings. The molecule has 0 amide bonds. The molecule has 1 nitrogen and oxygen atoms in total. The number of nitrogens with one attached hydrogen (secondary N) is 1. The molecule has 1 N–H and O–H groups in total. The predicted octanol–water partition coefficient (Wildman–Crippen LogP) is 3.59. The van der Waals surface area contributed by atoms with Crippen molar-refractivity contribution < 1.29 is 0 Å². The Kier molecular flexibility index (Phi) is 3.71. The third kappa shape index (κ3) is 2.96. The van der Waals surface area contributed by atoms with Gasteiger partial charge in [-0.25, -0.2) is 0 Å². The SMILES string of the molecule is CC(C)C(C)NC1CC1C1CCCCC1. The van der Waals surface area contributed by atoms with Crippen LogP contribution in [0.2, 0.25) is 0 Å². The molecule has 3 atom stereocenters. The van der Waals surface area contributed by atoms with E-state index in [1.165, 1.54) is 38.5 Å². The van der Waals surface area contributed by atoms with Crippen molar-refractivity contribution >= 4 is 0 Å². The van der Waals surface area contributed by atoms with Crippen molar-refractivity contribution in [2.24, 2.45) is 17.8 Å². The molecule has 0 bridgehead atoms. The van der Waals surface area contributed by atoms with Crippen molar-refractivity contribution in [2.45, 2.75) is 71.4 Å². The molecule has 0 saturated heterocycles. The molecule has 15 heavy (non-hydrogen) atoms. The maximum Gasteiger partial charge on any atom is 0.0104 e. The van der Waals surface area contributed by atoms with Gasteiger partial charge < -0.3 is 5.32 Å². The van der Waals surface area contributed by atoms with Crippen LogP contribution >= 0.6 is 0 Å². The Morgan fingerprint density at radius 1 is 1.00 bits per heavy atom. The smallest absolute Gasteiger partial charge is 0.0104 e. The van der Waals surface area contributed by atoms with Gasteiger partial charge in [-0.1, -0.05) is 46.0 Å². The minimum atomic E-state index is 0.698. The molecular weight excluding hydrogens is 182 g/mol. The largest absolute Gasteiger partial charge is 0.311 e. The van der Waals surface area contributed by atoms with E-state index in [1.54, 1.807) is 0 Å². The Bertz CT molecular complexity index is 194. The van der Waals surface area contributed by atoms with Crippen LogP contribution in [0.1, 0.15) is 59.3 Å². The molecule has 0 heterocycles. The highest BCUT2D eigenvalue weighted by Crippen LogP contribution is 2.44. The van der Waals surface area contributed by atoms with Crippen LogP contribution in [-0.4, -0.2) is 12.1 Å². The van der Waals surface area contributed by atoms with Crippen LogP contribution in [0.15, 0.2) is 0 Å². The lowest BCUT2D eigenvalue weighted by Gasteiger charge is -2.23. The Hall–Kier alpha value is -0.0400. The fourth-order valence-corrected chi connectivity index (χ4v) is 3.02. The van der Waals surface area contributed by atoms with Crippen molar-refractivity contribution in [3.05, 3.63) is 0 Å². The van der Waals surface area contributed by atoms with E-state index in [9.17, 15) is 0 Å². The summed E-state index contributed by atoms with van der Waals surface area (Å²) in [6.45, 7) is 6.96. The summed E-state index contributed by atoms with van der Waals surface area (Å²) in [5.41, 5.74) is 0. The van der Waals surface area contributed by atoms with Crippen LogP contribution < -0.4 is 5.32 Å². The second kappa shape index (κ2) is 4.86. The lowest BCUT2D eigenvalue weighted by molar-refractivity contribution is 0.304. The first-order valence-electron chi connectivity index (χ1n) is 6.94. The third-order valence-electron chi connectivity index (χ3n) is 4.57. The highest BCUT2D eigenvalue weighted by Gasteiger charge is 2.43. The summed E-state index contributed by atoms with van der Waals surface area (Å²) in [7, 11) is 0. The van der Waals surface area contributed by atoms with Gasteiger partial charge in [-0.05, 0) is 31.1 Å². The maximum atomic E-state index is 3.80. The second-order valence-corrected chi connectivity index (χ2v) is 6.10. The van der Waals surface area contributed by atoms with Gasteiger partial charge in [0.25, 0.3) is 0 Å². The van der Waals surface area contributed by atoms with E-state index in [2.05, 4.69) is 26.1 Å². The molecule has 0 aromatic heterocycles. The first-order chi connectivity index (χ1) is 7.18. The topological polar surface area (TPSA) is 12.0 Å². The van der Waals surface area contributed by atoms with Crippen LogP contribution in [0.5, 0.6) is 0 Å². The van der Waals surface area contributed by atoms with E-state index >= 15 is 0 Å². The van der Waals surface area contributed by atoms with Gasteiger partial charge in [-0.15, -0.1) is 0 Å². The zero-order chi connectivity index (χ0) is 10.8. The molecule has 2 saturated carbocycles. The molecule has 1 heteroatoms. The van der Waals surface area contributed by atoms with Crippen LogP contribution in [-0.2, 0) is 0 Å². The number of hydrogen-bond acceptors (Lipinski definition) is 1. The van der Waals surface area contributed by atoms with Crippen molar-refractivity contribution in [3.63, 3.8) is 0 Å². The molecule has 2 aliphatic carbocycles. The standard InChI is InChI=1S/C14H27N/c1-10(2)11(3)15-14-9-13(14)12-7-5-4-6-8-12/h10-15H,4-9H2,1-3H3. The van der Waals surface area contributed by atoms with E-state index in [4.69, 9.17) is 0 Å². The summed E-state index contributed by atoms with van der Waals surface area (Å²) >= 11 is 0. The molecule has 0 spiro atoms. The lowest BCUT2D eigenvalue weighted by Crippen LogP contribution is -2.34. The summed E-state index contributed by atoms with van der Waals surface area (Å²) < 4.78 is 0. The highest BCUT2D eigenvalue weighted by molar-refractivity contribution is 4.98. The number of rotatable bonds is 4. The Labute approximate surface area is 95.0 Å². The molecule has 2 rings (SSSR count). The zero-order valence-corrected chi connectivity index (χ0v) is 10.6. The van der Waals surface area contributed by atoms with Crippen molar-refractivity contribution in [1.29, 1.82) is 0 Å². The van der Waals surface area contributed by atoms with E-state index in [0.29, 0.717) is 6.04 Å². The van der Waals surface area contributed by atoms with Gasteiger partial charge in [0.15, 0.2) is 0 Å². The van der Waals surface area contributed by atoms with Crippen LogP contribution in [0.3, 0.4) is 0 Å². The van der Waals surface area contributed by atoms with E-state index in [0.717, 1.165) is 23.8 Å². The fraction of sp³-hybridized carbons (Fsp3) is 1.00. The third-order valence-corrected chi connectivity index (χ3v) is 4.57. The normalized spacial score (nSPS) is 34.4. The molecule has 88 valence electrons. The highest BCUT2D eigenvalue weighted by atomic mass is 15.0. The van der Waals surface area contributed by atoms with Gasteiger partial charge in [0.1, 0.15) is 0 Å². The quantitative estimate of drug-likeness (QED) is 0.746. The Morgan fingerprint density at radius 2 is 1.67 bits per heavy atom. The second-order valence-electron chi connectivity index (χ2n) is 6.10. The summed E-state index contributed by atoms with van der Waals surface area (Å²) in [4.78, 5) is 0. The van der Waals surface area contributed by atoms with Gasteiger partial charge in [-0.2, -0.15) is 0 Å². The molecule has 0 radical (unpaired) electrons. The first kappa shape index (κ1) is 11.4. The minimum absolute atomic E-state index is 0.698. The summed E-state index contributed by atoms with van der Waals surface area (Å²) in [5, 5.41) is 3.80. The van der Waals surface area contributed by atoms with Crippen molar-refractivity contribution in [1.82, 2.24) is 5.32 Å². The van der Waals surface area contributed by atoms with Crippen molar-refractivity contribution in [3.8, 4) is 0 Å². The number of hydrogen-bond donors (Lipinski definition) is 1. The Balaban J connectivity index is 1.70. The molecule has 0 aliphatic heterocycles. The summed E-state index contributed by atoms with van der Waals surface area (Å²) in [6, 6.07) is 1.56. The minimum Gasteiger partial charge on any atom is -0.311 e. The molecule has 0 aromatic rings. The molecule has 2 fully saturated rings. The van der Waals surface area contributed by atoms with Gasteiger partial charge in [-0.3, -0.25) is 0 Å². The van der Waals surface area contributed by atoms with Gasteiger partial charge in [0.2, 0.25) is 0 Å². The summed E-state index contributed by atoms with van der Waals surface area (Å²) in [6.07, 6.45) is 8.96. The predicted molar refractivity (Wildman–Crippen MR) is 65.9 cm³/mol. The maximum absolute atomic E-state index is 3.80. The molecule has 0 aromatic carbocycles. The monoisotopic (exact) mass is 209 g/mol. The first-order valence-corrected chi connectivity index (χ1v) is 6.94. The van der Waals surface area contributed by atoms with Crippen LogP contribution in [0.4, 0.5) is 0 Å². The lowest BCUT2D eigenvalue weighted by atomic mass is 9.85. The zero-order valence-electron chi connectivity index (χ0n) is 10.6. The molecular formula is C14H27N. The molecule has 3 unspecified atom stereocenters. The summed E-state index contributed by atoms with van der Waals surface area (Å²) in [5.74, 6) is 2.87. The van der Waals surface area contributed by atoms with E-state index in [-0.39, 0.29) is 0 Å². The Morgan fingerprint density at radius 3 is 2.27 bits per heavy atom. The van der Waals surface area contributed by atoms with Gasteiger partial charge in [0.05, 0.1) is 0 Å². The fourth-order valence-electron chi connectivity index (χ4n) is 3.02. The average Bonchev–Trinajstić information content (AvgIpc) is 2.98. The van der Waals surface area contributed by atoms with Crippen LogP contribution in [0.25, 0.3) is 0 Å². The van der Waals surface area contributed by atoms with Gasteiger partial charge in [0, 0.05) is 12.1 Å². The van der Waals surface area contributed by atoms with Crippen molar-refractivity contribution in [2.75, 3.05) is 0 Å². The van der Waals surface area contributed by atoms with Crippen LogP contribution in [0, 0.1) is 17.8 Å². The van der Waals surface area contributed by atoms with Gasteiger partial charge >= 0.3 is 0 Å². The van der Waals surface area contributed by atoms with E-state index < -0.39 is 0 Å².